The number of unbranched alkanes of at least 4 members (excludes halogenated alkanes) is 1. The fraction of sp³-hybridized carbons (Fsp3) is 0.136. The maximum absolute atomic E-state index is 13.2. The summed E-state index contributed by atoms with van der Waals surface area (Å²) in [5.74, 6) is 1.96. The molecule has 0 aliphatic carbocycles. The molecule has 6 rings (SSSR count). The monoisotopic (exact) mass is 856 g/mol. The van der Waals surface area contributed by atoms with E-state index in [9.17, 15) is 35.5 Å². The minimum Gasteiger partial charge on any atom is -0.508 e. The largest absolute Gasteiger partial charge is 0.508 e. The van der Waals surface area contributed by atoms with Gasteiger partial charge in [0.05, 0.1) is 42.6 Å². The molecule has 0 spiro atoms. The lowest BCUT2D eigenvalue weighted by Gasteiger charge is -2.10. The first kappa shape index (κ1) is 42.3. The number of rotatable bonds is 19. The second-order valence-electron chi connectivity index (χ2n) is 12.9. The lowest BCUT2D eigenvalue weighted by Crippen LogP contribution is -2.04. The van der Waals surface area contributed by atoms with E-state index >= 15 is 0 Å². The molecule has 0 saturated carbocycles. The van der Waals surface area contributed by atoms with Crippen molar-refractivity contribution in [1.82, 2.24) is 0 Å². The molecule has 0 unspecified atom stereocenters. The molecule has 0 heterocycles. The Morgan fingerprint density at radius 1 is 0.339 bits per heavy atom. The lowest BCUT2D eigenvalue weighted by atomic mass is 10.3. The average molecular weight is 857 g/mol. The third-order valence-corrected chi connectivity index (χ3v) is 14.1. The Bertz CT molecular complexity index is 2660. The summed E-state index contributed by atoms with van der Waals surface area (Å²) < 4.78 is 100. The molecule has 6 aromatic rings. The highest BCUT2D eigenvalue weighted by molar-refractivity contribution is 7.92. The predicted octanol–water partition coefficient (Wildman–Crippen LogP) is 7.85. The number of hydrogen-bond donors (Lipinski definition) is 2. The molecule has 0 radical (unpaired) electrons. The van der Waals surface area contributed by atoms with Crippen molar-refractivity contribution >= 4 is 29.5 Å². The van der Waals surface area contributed by atoms with E-state index in [1.165, 1.54) is 97.1 Å². The second kappa shape index (κ2) is 19.0. The summed E-state index contributed by atoms with van der Waals surface area (Å²) in [6, 6.07) is 35.1. The van der Waals surface area contributed by atoms with E-state index in [0.717, 1.165) is 0 Å². The smallest absolute Gasteiger partial charge is 0.206 e. The van der Waals surface area contributed by atoms with Gasteiger partial charge in [0.25, 0.3) is 0 Å². The van der Waals surface area contributed by atoms with E-state index in [1.54, 1.807) is 60.7 Å². The highest BCUT2D eigenvalue weighted by Crippen LogP contribution is 2.28. The summed E-state index contributed by atoms with van der Waals surface area (Å²) in [6.45, 7) is 1.19. The molecule has 0 aliphatic rings. The van der Waals surface area contributed by atoms with Gasteiger partial charge in [-0.05, 0) is 171 Å². The summed E-state index contributed by atoms with van der Waals surface area (Å²) >= 11 is 0. The third-order valence-electron chi connectivity index (χ3n) is 8.77. The zero-order valence-corrected chi connectivity index (χ0v) is 33.9. The van der Waals surface area contributed by atoms with E-state index in [2.05, 4.69) is 0 Å². The van der Waals surface area contributed by atoms with Crippen LogP contribution in [0.15, 0.2) is 187 Å². The topological polar surface area (TPSA) is 180 Å². The standard InChI is InChI=1S/C44H40O12S3/c45-33-5-17-39(18-6-33)57(47,48)41-21-9-35(10-22-41)53-29-1-3-31-55-37-13-25-43(26-14-37)59(51,52)44-27-15-38(16-28-44)56-32-4-2-30-54-36-11-23-42(24-12-36)58(49,50)40-19-7-34(46)8-20-40/h1,3,5-28,45-46H,2,4,29-32H2/b3-1+. The highest BCUT2D eigenvalue weighted by Gasteiger charge is 2.20. The number of ether oxygens (including phenoxy) is 4. The fourth-order valence-electron chi connectivity index (χ4n) is 5.53. The number of phenolic OH excluding ortho intramolecular Hbond substituents is 2. The van der Waals surface area contributed by atoms with Crippen molar-refractivity contribution in [1.29, 1.82) is 0 Å². The Kier molecular flexibility index (Phi) is 13.6. The average Bonchev–Trinajstić information content (AvgIpc) is 3.24. The van der Waals surface area contributed by atoms with Crippen LogP contribution in [0.2, 0.25) is 0 Å². The first-order valence-corrected chi connectivity index (χ1v) is 22.7. The third kappa shape index (κ3) is 11.0. The molecule has 0 amide bonds. The van der Waals surface area contributed by atoms with Gasteiger partial charge in [-0.3, -0.25) is 0 Å². The number of benzene rings is 6. The molecule has 306 valence electrons. The quantitative estimate of drug-likeness (QED) is 0.0596. The summed E-state index contributed by atoms with van der Waals surface area (Å²) in [6.07, 6.45) is 4.82. The van der Waals surface area contributed by atoms with E-state index in [1.807, 2.05) is 0 Å². The summed E-state index contributed by atoms with van der Waals surface area (Å²) in [4.78, 5) is 0.597. The van der Waals surface area contributed by atoms with Gasteiger partial charge in [0.15, 0.2) is 0 Å². The van der Waals surface area contributed by atoms with Crippen molar-refractivity contribution in [3.8, 4) is 34.5 Å². The van der Waals surface area contributed by atoms with Gasteiger partial charge in [0.2, 0.25) is 29.5 Å². The lowest BCUT2D eigenvalue weighted by molar-refractivity contribution is 0.266. The molecule has 0 atom stereocenters. The van der Waals surface area contributed by atoms with Crippen LogP contribution < -0.4 is 18.9 Å². The molecule has 0 bridgehead atoms. The van der Waals surface area contributed by atoms with E-state index < -0.39 is 29.5 Å². The first-order valence-electron chi connectivity index (χ1n) is 18.2. The Morgan fingerprint density at radius 3 is 0.814 bits per heavy atom. The second-order valence-corrected chi connectivity index (χ2v) is 18.7. The zero-order valence-electron chi connectivity index (χ0n) is 31.5. The molecule has 59 heavy (non-hydrogen) atoms. The first-order chi connectivity index (χ1) is 28.3. The number of aromatic hydroxyl groups is 2. The van der Waals surface area contributed by atoms with Crippen LogP contribution in [-0.2, 0) is 29.5 Å². The maximum atomic E-state index is 13.2. The van der Waals surface area contributed by atoms with Crippen LogP contribution in [0.25, 0.3) is 0 Å². The minimum absolute atomic E-state index is 0.0171. The van der Waals surface area contributed by atoms with E-state index in [4.69, 9.17) is 18.9 Å². The van der Waals surface area contributed by atoms with Crippen LogP contribution in [-0.4, -0.2) is 61.9 Å². The van der Waals surface area contributed by atoms with Crippen LogP contribution in [0.5, 0.6) is 34.5 Å². The predicted molar refractivity (Wildman–Crippen MR) is 219 cm³/mol. The van der Waals surface area contributed by atoms with Gasteiger partial charge in [0, 0.05) is 0 Å². The van der Waals surface area contributed by atoms with Gasteiger partial charge in [-0.2, -0.15) is 0 Å². The van der Waals surface area contributed by atoms with Crippen LogP contribution in [0.3, 0.4) is 0 Å². The molecule has 0 aromatic heterocycles. The van der Waals surface area contributed by atoms with Gasteiger partial charge in [-0.15, -0.1) is 0 Å². The number of hydrogen-bond acceptors (Lipinski definition) is 12. The Balaban J connectivity index is 0.878. The Hall–Kier alpha value is -6.29. The summed E-state index contributed by atoms with van der Waals surface area (Å²) in [5, 5.41) is 18.8. The Labute approximate surface area is 343 Å². The van der Waals surface area contributed by atoms with Crippen molar-refractivity contribution in [2.45, 2.75) is 42.2 Å². The summed E-state index contributed by atoms with van der Waals surface area (Å²) in [5.41, 5.74) is 0. The molecular weight excluding hydrogens is 817 g/mol. The van der Waals surface area contributed by atoms with E-state index in [-0.39, 0.29) is 54.1 Å². The van der Waals surface area contributed by atoms with E-state index in [0.29, 0.717) is 49.1 Å². The molecule has 12 nitrogen and oxygen atoms in total. The van der Waals surface area contributed by atoms with Crippen LogP contribution in [0.4, 0.5) is 0 Å². The Morgan fingerprint density at radius 2 is 0.559 bits per heavy atom. The van der Waals surface area contributed by atoms with Crippen molar-refractivity contribution in [3.63, 3.8) is 0 Å². The molecule has 0 aliphatic heterocycles. The van der Waals surface area contributed by atoms with Crippen molar-refractivity contribution in [2.24, 2.45) is 0 Å². The molecule has 6 aromatic carbocycles. The molecule has 15 heteroatoms. The SMILES string of the molecule is O=S(=O)(c1ccc(O)cc1)c1ccc(OC/C=C/COc2ccc(S(=O)(=O)c3ccc(OCCCCOc4ccc(S(=O)(=O)c5ccc(O)cc5)cc4)cc3)cc2)cc1. The number of sulfone groups is 3. The van der Waals surface area contributed by atoms with Gasteiger partial charge < -0.3 is 29.2 Å². The van der Waals surface area contributed by atoms with Crippen molar-refractivity contribution in [3.05, 3.63) is 158 Å². The molecule has 0 fully saturated rings. The fourth-order valence-corrected chi connectivity index (χ4v) is 9.31. The van der Waals surface area contributed by atoms with Gasteiger partial charge in [-0.25, -0.2) is 25.3 Å². The molecular formula is C44H40O12S3. The van der Waals surface area contributed by atoms with Gasteiger partial charge >= 0.3 is 0 Å². The van der Waals surface area contributed by atoms with Gasteiger partial charge in [-0.1, -0.05) is 0 Å². The molecule has 2 N–H and O–H groups in total. The maximum Gasteiger partial charge on any atom is 0.206 e. The summed E-state index contributed by atoms with van der Waals surface area (Å²) in [7, 11) is -11.2. The zero-order chi connectivity index (χ0) is 41.9. The van der Waals surface area contributed by atoms with Crippen LogP contribution >= 0.6 is 0 Å². The van der Waals surface area contributed by atoms with Gasteiger partial charge in [0.1, 0.15) is 47.7 Å². The minimum atomic E-state index is -3.79. The van der Waals surface area contributed by atoms with Crippen molar-refractivity contribution < 1.29 is 54.4 Å². The van der Waals surface area contributed by atoms with Crippen molar-refractivity contribution in [2.75, 3.05) is 26.4 Å². The van der Waals surface area contributed by atoms with Crippen LogP contribution in [0, 0.1) is 0 Å². The number of phenols is 2. The van der Waals surface area contributed by atoms with Crippen LogP contribution in [0.1, 0.15) is 12.8 Å². The normalized spacial score (nSPS) is 11.9. The highest BCUT2D eigenvalue weighted by atomic mass is 32.2. The molecule has 0 saturated heterocycles.